The molecule has 0 aliphatic rings. The summed E-state index contributed by atoms with van der Waals surface area (Å²) in [6.07, 6.45) is 19.7. The predicted octanol–water partition coefficient (Wildman–Crippen LogP) is 8.56. The molecule has 260 valence electrons. The Morgan fingerprint density at radius 2 is 1.42 bits per heavy atom. The lowest BCUT2D eigenvalue weighted by atomic mass is 10.0. The first kappa shape index (κ1) is 40.6. The molecule has 1 atom stereocenters. The van der Waals surface area contributed by atoms with Crippen LogP contribution in [0.2, 0.25) is 0 Å². The van der Waals surface area contributed by atoms with Gasteiger partial charge in [-0.3, -0.25) is 9.09 Å². The molecule has 1 unspecified atom stereocenters. The predicted molar refractivity (Wildman–Crippen MR) is 178 cm³/mol. The lowest BCUT2D eigenvalue weighted by Gasteiger charge is -2.16. The third-order valence-corrected chi connectivity index (χ3v) is 8.23. The Balaban J connectivity index is 2.21. The monoisotopic (exact) mass is 658 g/mol. The van der Waals surface area contributed by atoms with Gasteiger partial charge in [0.2, 0.25) is 18.6 Å². The molecule has 1 rings (SSSR count). The molecule has 0 saturated carbocycles. The van der Waals surface area contributed by atoms with Crippen LogP contribution >= 0.6 is 7.60 Å². The van der Waals surface area contributed by atoms with Gasteiger partial charge in [0, 0.05) is 31.5 Å². The minimum Gasteiger partial charge on any atom is -0.477 e. The van der Waals surface area contributed by atoms with Gasteiger partial charge in [-0.25, -0.2) is 4.79 Å². The fourth-order valence-corrected chi connectivity index (χ4v) is 5.56. The van der Waals surface area contributed by atoms with Gasteiger partial charge in [0.15, 0.2) is 0 Å². The Labute approximate surface area is 270 Å². The van der Waals surface area contributed by atoms with E-state index in [1.54, 1.807) is 19.9 Å². The van der Waals surface area contributed by atoms with Crippen molar-refractivity contribution < 1.29 is 37.4 Å². The van der Waals surface area contributed by atoms with Gasteiger partial charge in [-0.1, -0.05) is 96.5 Å². The summed E-state index contributed by atoms with van der Waals surface area (Å²) >= 11 is 0. The van der Waals surface area contributed by atoms with E-state index in [0.29, 0.717) is 26.1 Å². The maximum atomic E-state index is 13.2. The summed E-state index contributed by atoms with van der Waals surface area (Å²) in [5.41, 5.74) is 11.2. The quantitative estimate of drug-likeness (QED) is 0.0365. The number of unbranched alkanes of at least 4 members (excludes halogenated alkanes) is 13. The SMILES string of the molecule is CCCCCCCCCCCCCCCCOCCCOP(=O)(/C=C/CCOc1cc(N)nc(N)n1)OCOC(=O)OC(C)C. The molecular formula is C32H59N4O8P. The molecule has 0 fully saturated rings. The number of nitrogens with zero attached hydrogens (tertiary/aromatic N) is 2. The van der Waals surface area contributed by atoms with Gasteiger partial charge in [0.05, 0.1) is 19.3 Å². The first-order valence-corrected chi connectivity index (χ1v) is 18.4. The summed E-state index contributed by atoms with van der Waals surface area (Å²) in [5, 5.41) is 0. The van der Waals surface area contributed by atoms with E-state index < -0.39 is 20.5 Å². The third-order valence-electron chi connectivity index (χ3n) is 6.65. The number of rotatable bonds is 29. The highest BCUT2D eigenvalue weighted by molar-refractivity contribution is 7.57. The average Bonchev–Trinajstić information content (AvgIpc) is 2.97. The zero-order valence-electron chi connectivity index (χ0n) is 27.9. The molecule has 1 aromatic heterocycles. The maximum absolute atomic E-state index is 13.2. The Morgan fingerprint density at radius 1 is 0.822 bits per heavy atom. The Hall–Kier alpha value is -2.40. The second-order valence-corrected chi connectivity index (χ2v) is 13.1. The van der Waals surface area contributed by atoms with Gasteiger partial charge in [0.25, 0.3) is 0 Å². The number of anilines is 2. The number of carbonyl (C=O) groups excluding carboxylic acids is 1. The molecule has 0 bridgehead atoms. The van der Waals surface area contributed by atoms with E-state index in [9.17, 15) is 9.36 Å². The second-order valence-electron chi connectivity index (χ2n) is 11.3. The van der Waals surface area contributed by atoms with E-state index in [4.69, 9.17) is 39.5 Å². The summed E-state index contributed by atoms with van der Waals surface area (Å²) in [5.74, 6) is 1.74. The third kappa shape index (κ3) is 24.5. The molecule has 12 nitrogen and oxygen atoms in total. The highest BCUT2D eigenvalue weighted by Gasteiger charge is 2.22. The van der Waals surface area contributed by atoms with E-state index in [0.717, 1.165) is 6.42 Å². The Morgan fingerprint density at radius 3 is 2.02 bits per heavy atom. The fraction of sp³-hybridized carbons (Fsp3) is 0.781. The highest BCUT2D eigenvalue weighted by atomic mass is 31.2. The van der Waals surface area contributed by atoms with Crippen molar-refractivity contribution in [2.24, 2.45) is 0 Å². The molecule has 0 saturated heterocycles. The summed E-state index contributed by atoms with van der Waals surface area (Å²) in [6.45, 7) is 6.58. The molecule has 1 heterocycles. The van der Waals surface area contributed by atoms with E-state index in [2.05, 4.69) is 16.9 Å². The smallest absolute Gasteiger partial charge is 0.477 e. The van der Waals surface area contributed by atoms with Crippen molar-refractivity contribution >= 4 is 25.5 Å². The van der Waals surface area contributed by atoms with Crippen molar-refractivity contribution in [2.75, 3.05) is 44.7 Å². The van der Waals surface area contributed by atoms with Gasteiger partial charge in [0.1, 0.15) is 5.82 Å². The van der Waals surface area contributed by atoms with Crippen LogP contribution in [0.5, 0.6) is 5.88 Å². The molecule has 0 radical (unpaired) electrons. The van der Waals surface area contributed by atoms with Crippen molar-refractivity contribution in [3.05, 3.63) is 18.0 Å². The fourth-order valence-electron chi connectivity index (χ4n) is 4.32. The summed E-state index contributed by atoms with van der Waals surface area (Å²) in [4.78, 5) is 19.3. The van der Waals surface area contributed by atoms with Crippen LogP contribution in [0.25, 0.3) is 0 Å². The van der Waals surface area contributed by atoms with Crippen molar-refractivity contribution in [1.29, 1.82) is 0 Å². The van der Waals surface area contributed by atoms with Crippen LogP contribution in [-0.2, 0) is 27.8 Å². The summed E-state index contributed by atoms with van der Waals surface area (Å²) in [6, 6.07) is 1.45. The first-order valence-electron chi connectivity index (χ1n) is 16.7. The largest absolute Gasteiger partial charge is 0.510 e. The van der Waals surface area contributed by atoms with Gasteiger partial charge in [-0.2, -0.15) is 9.97 Å². The maximum Gasteiger partial charge on any atom is 0.510 e. The van der Waals surface area contributed by atoms with E-state index in [1.807, 2.05) is 0 Å². The number of carbonyl (C=O) groups is 1. The molecule has 45 heavy (non-hydrogen) atoms. The van der Waals surface area contributed by atoms with Crippen LogP contribution in [0, 0.1) is 0 Å². The molecule has 0 amide bonds. The van der Waals surface area contributed by atoms with E-state index in [-0.39, 0.29) is 37.0 Å². The number of hydrogen-bond acceptors (Lipinski definition) is 12. The molecule has 1 aromatic rings. The topological polar surface area (TPSA) is 167 Å². The van der Waals surface area contributed by atoms with Crippen LogP contribution in [0.1, 0.15) is 124 Å². The van der Waals surface area contributed by atoms with Gasteiger partial charge >= 0.3 is 13.8 Å². The van der Waals surface area contributed by atoms with Gasteiger partial charge in [-0.05, 0) is 26.7 Å². The molecular weight excluding hydrogens is 599 g/mol. The highest BCUT2D eigenvalue weighted by Crippen LogP contribution is 2.50. The molecule has 0 aliphatic carbocycles. The van der Waals surface area contributed by atoms with Gasteiger partial charge < -0.3 is 34.9 Å². The lowest BCUT2D eigenvalue weighted by molar-refractivity contribution is -0.0122. The second kappa shape index (κ2) is 26.8. The zero-order chi connectivity index (χ0) is 33.0. The molecule has 0 spiro atoms. The first-order chi connectivity index (χ1) is 21.7. The minimum atomic E-state index is -3.72. The van der Waals surface area contributed by atoms with Crippen molar-refractivity contribution in [2.45, 2.75) is 130 Å². The van der Waals surface area contributed by atoms with Gasteiger partial charge in [-0.15, -0.1) is 0 Å². The number of nitrogens with two attached hydrogens (primary N) is 2. The number of hydrogen-bond donors (Lipinski definition) is 2. The zero-order valence-corrected chi connectivity index (χ0v) is 28.8. The van der Waals surface area contributed by atoms with Crippen LogP contribution in [0.3, 0.4) is 0 Å². The number of aromatic nitrogens is 2. The van der Waals surface area contributed by atoms with E-state index in [1.165, 1.54) is 95.4 Å². The van der Waals surface area contributed by atoms with Crippen molar-refractivity contribution in [3.63, 3.8) is 0 Å². The molecule has 0 aliphatic heterocycles. The van der Waals surface area contributed by atoms with Crippen LogP contribution in [-0.4, -0.2) is 55.4 Å². The Bertz CT molecular complexity index is 947. The van der Waals surface area contributed by atoms with E-state index >= 15 is 0 Å². The summed E-state index contributed by atoms with van der Waals surface area (Å²) < 4.78 is 45.0. The average molecular weight is 659 g/mol. The number of nitrogen functional groups attached to an aromatic ring is 2. The van der Waals surface area contributed by atoms with Crippen LogP contribution in [0.4, 0.5) is 16.6 Å². The normalized spacial score (nSPS) is 12.9. The summed E-state index contributed by atoms with van der Waals surface area (Å²) in [7, 11) is -3.72. The minimum absolute atomic E-state index is 0.00593. The van der Waals surface area contributed by atoms with Crippen molar-refractivity contribution in [3.8, 4) is 5.88 Å². The van der Waals surface area contributed by atoms with Crippen LogP contribution in [0.15, 0.2) is 18.0 Å². The van der Waals surface area contributed by atoms with Crippen molar-refractivity contribution in [1.82, 2.24) is 9.97 Å². The standard InChI is InChI=1S/C32H59N4O8P/c1-4-5-6-7-8-9-10-11-12-13-14-15-16-17-21-39-22-20-24-42-45(38,43-27-41-32(37)44-28(2)3)25-19-18-23-40-30-26-29(33)35-31(34)36-30/h19,25-26,28H,4-18,20-24,27H2,1-3H3,(H4,33,34,35,36)/b25-19+. The molecule has 0 aromatic carbocycles. The lowest BCUT2D eigenvalue weighted by Crippen LogP contribution is -2.14. The van der Waals surface area contributed by atoms with Crippen LogP contribution < -0.4 is 16.2 Å². The number of ether oxygens (including phenoxy) is 4. The molecule has 13 heteroatoms. The Kier molecular flexibility index (Phi) is 24.2. The molecule has 4 N–H and O–H groups in total.